The number of piperazine rings is 1. The van der Waals surface area contributed by atoms with Crippen LogP contribution in [-0.4, -0.2) is 68.0 Å². The summed E-state index contributed by atoms with van der Waals surface area (Å²) >= 11 is 0. The van der Waals surface area contributed by atoms with Gasteiger partial charge in [-0.15, -0.1) is 0 Å². The van der Waals surface area contributed by atoms with Gasteiger partial charge in [-0.3, -0.25) is 4.99 Å². The highest BCUT2D eigenvalue weighted by molar-refractivity contribution is 7.88. The van der Waals surface area contributed by atoms with Crippen LogP contribution in [0.3, 0.4) is 0 Å². The largest absolute Gasteiger partial charge is 0.364 e. The SMILES string of the molecule is CCNC(=NCC(C)(C)CC(C)C)N1CCN(S(=O)(=O)Cc2ccon2)CC1. The third-order valence-electron chi connectivity index (χ3n) is 4.71. The highest BCUT2D eigenvalue weighted by atomic mass is 32.2. The van der Waals surface area contributed by atoms with E-state index in [4.69, 9.17) is 9.52 Å². The molecule has 1 saturated heterocycles. The molecule has 160 valence electrons. The second-order valence-electron chi connectivity index (χ2n) is 8.57. The molecule has 1 aliphatic heterocycles. The van der Waals surface area contributed by atoms with E-state index >= 15 is 0 Å². The summed E-state index contributed by atoms with van der Waals surface area (Å²) in [5.74, 6) is 1.38. The number of sulfonamides is 1. The molecule has 0 amide bonds. The van der Waals surface area contributed by atoms with Crippen molar-refractivity contribution in [3.63, 3.8) is 0 Å². The van der Waals surface area contributed by atoms with Crippen molar-refractivity contribution in [2.45, 2.75) is 46.8 Å². The van der Waals surface area contributed by atoms with E-state index in [1.807, 2.05) is 6.92 Å². The average molecular weight is 414 g/mol. The molecule has 0 aromatic carbocycles. The molecular formula is C19H35N5O3S. The lowest BCUT2D eigenvalue weighted by Crippen LogP contribution is -2.54. The topological polar surface area (TPSA) is 91.0 Å². The predicted octanol–water partition coefficient (Wildman–Crippen LogP) is 2.16. The molecule has 0 aliphatic carbocycles. The van der Waals surface area contributed by atoms with Crippen molar-refractivity contribution in [2.24, 2.45) is 16.3 Å². The maximum Gasteiger partial charge on any atom is 0.220 e. The zero-order valence-corrected chi connectivity index (χ0v) is 18.6. The fraction of sp³-hybridized carbons (Fsp3) is 0.789. The minimum Gasteiger partial charge on any atom is -0.364 e. The summed E-state index contributed by atoms with van der Waals surface area (Å²) in [6, 6.07) is 1.59. The van der Waals surface area contributed by atoms with Crippen LogP contribution in [0.25, 0.3) is 0 Å². The molecule has 1 fully saturated rings. The van der Waals surface area contributed by atoms with E-state index in [2.05, 4.69) is 43.1 Å². The molecule has 9 heteroatoms. The lowest BCUT2D eigenvalue weighted by Gasteiger charge is -2.36. The molecule has 2 rings (SSSR count). The van der Waals surface area contributed by atoms with Crippen LogP contribution < -0.4 is 5.32 Å². The summed E-state index contributed by atoms with van der Waals surface area (Å²) in [6.45, 7) is 14.7. The molecule has 1 N–H and O–H groups in total. The number of nitrogens with one attached hydrogen (secondary N) is 1. The van der Waals surface area contributed by atoms with E-state index in [1.165, 1.54) is 10.6 Å². The van der Waals surface area contributed by atoms with E-state index in [-0.39, 0.29) is 11.2 Å². The Kier molecular flexibility index (Phi) is 7.88. The summed E-state index contributed by atoms with van der Waals surface area (Å²) in [5.41, 5.74) is 0.571. The van der Waals surface area contributed by atoms with Gasteiger partial charge in [0.25, 0.3) is 0 Å². The summed E-state index contributed by atoms with van der Waals surface area (Å²) in [4.78, 5) is 7.00. The van der Waals surface area contributed by atoms with Crippen LogP contribution in [0.5, 0.6) is 0 Å². The number of rotatable bonds is 8. The van der Waals surface area contributed by atoms with Gasteiger partial charge in [0.2, 0.25) is 10.0 Å². The molecular weight excluding hydrogens is 378 g/mol. The van der Waals surface area contributed by atoms with Crippen LogP contribution in [0, 0.1) is 11.3 Å². The molecule has 1 aliphatic rings. The normalized spacial score (nSPS) is 17.4. The summed E-state index contributed by atoms with van der Waals surface area (Å²) in [5, 5.41) is 7.06. The Balaban J connectivity index is 1.97. The van der Waals surface area contributed by atoms with Crippen LogP contribution in [0.15, 0.2) is 21.8 Å². The zero-order chi connectivity index (χ0) is 20.8. The van der Waals surface area contributed by atoms with Crippen molar-refractivity contribution in [3.05, 3.63) is 18.0 Å². The van der Waals surface area contributed by atoms with Gasteiger partial charge in [-0.25, -0.2) is 8.42 Å². The molecule has 8 nitrogen and oxygen atoms in total. The van der Waals surface area contributed by atoms with E-state index in [1.54, 1.807) is 6.07 Å². The van der Waals surface area contributed by atoms with Crippen molar-refractivity contribution in [1.82, 2.24) is 19.7 Å². The Morgan fingerprint density at radius 2 is 2.00 bits per heavy atom. The molecule has 0 saturated carbocycles. The highest BCUT2D eigenvalue weighted by Crippen LogP contribution is 2.25. The number of nitrogens with zero attached hydrogens (tertiary/aromatic N) is 4. The maximum absolute atomic E-state index is 12.6. The van der Waals surface area contributed by atoms with E-state index < -0.39 is 10.0 Å². The first-order chi connectivity index (χ1) is 13.1. The standard InChI is InChI=1S/C19H35N5O3S/c1-6-20-18(21-15-19(4,5)13-16(2)3)23-8-10-24(11-9-23)28(25,26)14-17-7-12-27-22-17/h7,12,16H,6,8-11,13-15H2,1-5H3,(H,20,21). The number of hydrogen-bond acceptors (Lipinski definition) is 5. The first-order valence-corrected chi connectivity index (χ1v) is 11.6. The lowest BCUT2D eigenvalue weighted by atomic mass is 9.84. The molecule has 1 aromatic heterocycles. The minimum atomic E-state index is -3.39. The van der Waals surface area contributed by atoms with Gasteiger partial charge in [-0.2, -0.15) is 4.31 Å². The van der Waals surface area contributed by atoms with Crippen LogP contribution in [0.2, 0.25) is 0 Å². The number of aliphatic imine (C=N–C) groups is 1. The van der Waals surface area contributed by atoms with E-state index in [0.717, 1.165) is 25.5 Å². The average Bonchev–Trinajstić information content (AvgIpc) is 3.10. The maximum atomic E-state index is 12.6. The van der Waals surface area contributed by atoms with Gasteiger partial charge >= 0.3 is 0 Å². The van der Waals surface area contributed by atoms with Crippen LogP contribution in [-0.2, 0) is 15.8 Å². The van der Waals surface area contributed by atoms with Crippen molar-refractivity contribution in [1.29, 1.82) is 0 Å². The molecule has 0 atom stereocenters. The van der Waals surface area contributed by atoms with Crippen molar-refractivity contribution < 1.29 is 12.9 Å². The van der Waals surface area contributed by atoms with Crippen LogP contribution in [0.1, 0.15) is 46.7 Å². The predicted molar refractivity (Wildman–Crippen MR) is 111 cm³/mol. The quantitative estimate of drug-likeness (QED) is 0.519. The van der Waals surface area contributed by atoms with Crippen molar-refractivity contribution in [3.8, 4) is 0 Å². The molecule has 0 spiro atoms. The third kappa shape index (κ3) is 6.77. The second-order valence-corrected chi connectivity index (χ2v) is 10.5. The minimum absolute atomic E-state index is 0.124. The smallest absolute Gasteiger partial charge is 0.220 e. The van der Waals surface area contributed by atoms with Crippen molar-refractivity contribution >= 4 is 16.0 Å². The van der Waals surface area contributed by atoms with Gasteiger partial charge in [0, 0.05) is 45.3 Å². The van der Waals surface area contributed by atoms with Gasteiger partial charge in [0.1, 0.15) is 12.0 Å². The Hall–Kier alpha value is -1.61. The number of hydrogen-bond donors (Lipinski definition) is 1. The monoisotopic (exact) mass is 413 g/mol. The van der Waals surface area contributed by atoms with Gasteiger partial charge in [-0.05, 0) is 24.7 Å². The number of guanidine groups is 1. The molecule has 0 bridgehead atoms. The van der Waals surface area contributed by atoms with Gasteiger partial charge in [0.15, 0.2) is 5.96 Å². The van der Waals surface area contributed by atoms with Gasteiger partial charge < -0.3 is 14.7 Å². The van der Waals surface area contributed by atoms with Crippen LogP contribution in [0.4, 0.5) is 0 Å². The molecule has 0 radical (unpaired) electrons. The molecule has 0 unspecified atom stereocenters. The van der Waals surface area contributed by atoms with Gasteiger partial charge in [0.05, 0.1) is 5.69 Å². The first-order valence-electron chi connectivity index (χ1n) is 10.0. The lowest BCUT2D eigenvalue weighted by molar-refractivity contribution is 0.256. The van der Waals surface area contributed by atoms with Crippen LogP contribution >= 0.6 is 0 Å². The molecule has 2 heterocycles. The first kappa shape index (κ1) is 22.7. The highest BCUT2D eigenvalue weighted by Gasteiger charge is 2.29. The molecule has 1 aromatic rings. The summed E-state index contributed by atoms with van der Waals surface area (Å²) in [6.07, 6.45) is 2.51. The zero-order valence-electron chi connectivity index (χ0n) is 17.8. The fourth-order valence-corrected chi connectivity index (χ4v) is 5.08. The summed E-state index contributed by atoms with van der Waals surface area (Å²) in [7, 11) is -3.39. The Bertz CT molecular complexity index is 721. The Morgan fingerprint density at radius 3 is 2.54 bits per heavy atom. The van der Waals surface area contributed by atoms with E-state index in [9.17, 15) is 8.42 Å². The fourth-order valence-electron chi connectivity index (χ4n) is 3.65. The van der Waals surface area contributed by atoms with E-state index in [0.29, 0.717) is 37.8 Å². The Morgan fingerprint density at radius 1 is 1.32 bits per heavy atom. The number of aromatic nitrogens is 1. The third-order valence-corrected chi connectivity index (χ3v) is 6.52. The molecule has 28 heavy (non-hydrogen) atoms. The Labute approximate surface area is 169 Å². The second kappa shape index (κ2) is 9.73. The van der Waals surface area contributed by atoms with Gasteiger partial charge in [-0.1, -0.05) is 32.9 Å². The van der Waals surface area contributed by atoms with Crippen molar-refractivity contribution in [2.75, 3.05) is 39.3 Å². The summed E-state index contributed by atoms with van der Waals surface area (Å²) < 4.78 is 31.5.